The van der Waals surface area contributed by atoms with Crippen LogP contribution in [-0.2, 0) is 0 Å². The molecule has 2 aliphatic rings. The van der Waals surface area contributed by atoms with E-state index in [-0.39, 0.29) is 12.0 Å². The lowest BCUT2D eigenvalue weighted by Gasteiger charge is -2.28. The van der Waals surface area contributed by atoms with E-state index in [0.717, 1.165) is 0 Å². The van der Waals surface area contributed by atoms with Crippen molar-refractivity contribution in [2.75, 3.05) is 4.90 Å². The molecule has 3 heteroatoms. The van der Waals surface area contributed by atoms with Crippen molar-refractivity contribution in [1.29, 1.82) is 0 Å². The molecular weight excluding hydrogens is 619 g/mol. The van der Waals surface area contributed by atoms with Crippen LogP contribution in [-0.4, -0.2) is 15.0 Å². The zero-order valence-corrected chi connectivity index (χ0v) is 27.7. The molecule has 0 amide bonds. The fourth-order valence-corrected chi connectivity index (χ4v) is 9.49. The van der Waals surface area contributed by atoms with Crippen molar-refractivity contribution in [2.45, 2.75) is 12.0 Å². The molecule has 0 radical (unpaired) electrons. The first-order chi connectivity index (χ1) is 25.3. The summed E-state index contributed by atoms with van der Waals surface area (Å²) in [5.41, 5.74) is 13.9. The molecule has 0 N–H and O–H groups in total. The minimum atomic E-state index is 0.186. The van der Waals surface area contributed by atoms with Crippen LogP contribution in [0.5, 0.6) is 0 Å². The lowest BCUT2D eigenvalue weighted by molar-refractivity contribution is 0.747. The van der Waals surface area contributed by atoms with E-state index in [0.29, 0.717) is 0 Å². The number of fused-ring (bicyclic) bond motifs is 13. The van der Waals surface area contributed by atoms with Crippen molar-refractivity contribution in [3.8, 4) is 16.8 Å². The fourth-order valence-electron chi connectivity index (χ4n) is 9.49. The number of para-hydroxylation sites is 3. The molecule has 3 nitrogen and oxygen atoms in total. The molecule has 2 atom stereocenters. The molecule has 4 heterocycles. The molecule has 0 bridgehead atoms. The summed E-state index contributed by atoms with van der Waals surface area (Å²) >= 11 is 0. The van der Waals surface area contributed by atoms with Crippen LogP contribution in [0.1, 0.15) is 11.5 Å². The molecule has 51 heavy (non-hydrogen) atoms. The van der Waals surface area contributed by atoms with Crippen molar-refractivity contribution < 1.29 is 0 Å². The number of nitrogens with zero attached hydrogens (tertiary/aromatic N) is 3. The number of hydrogen-bond acceptors (Lipinski definition) is 1. The van der Waals surface area contributed by atoms with Crippen LogP contribution < -0.4 is 4.90 Å². The number of rotatable bonds is 3. The van der Waals surface area contributed by atoms with Crippen LogP contribution in [0.2, 0.25) is 0 Å². The summed E-state index contributed by atoms with van der Waals surface area (Å²) < 4.78 is 4.94. The second kappa shape index (κ2) is 9.99. The molecule has 0 fully saturated rings. The predicted molar refractivity (Wildman–Crippen MR) is 214 cm³/mol. The van der Waals surface area contributed by atoms with E-state index in [1.807, 2.05) is 0 Å². The monoisotopic (exact) mass is 649 g/mol. The van der Waals surface area contributed by atoms with E-state index in [1.54, 1.807) is 0 Å². The van der Waals surface area contributed by atoms with E-state index in [9.17, 15) is 0 Å². The maximum atomic E-state index is 2.59. The maximum absolute atomic E-state index is 2.59. The van der Waals surface area contributed by atoms with E-state index in [4.69, 9.17) is 0 Å². The van der Waals surface area contributed by atoms with Crippen molar-refractivity contribution in [1.82, 2.24) is 8.97 Å². The van der Waals surface area contributed by atoms with Crippen LogP contribution in [0.25, 0.3) is 76.7 Å². The molecule has 1 aliphatic carbocycles. The molecule has 0 saturated heterocycles. The standard InChI is InChI=1S/C48H31N3/c1-2-11-30(12-3-1)31-21-23-32(24-22-31)49-41-19-8-5-14-38(41)46-43(49)27-28-44-47(46)39-15-6-9-20-42(39)50(44)33-25-26-35-37-17-10-16-36-34-13-4-7-18-40(34)51(48(36)37)45(35)29-33/h1-29,39,42H. The Morgan fingerprint density at radius 1 is 0.431 bits per heavy atom. The van der Waals surface area contributed by atoms with Gasteiger partial charge in [0.1, 0.15) is 0 Å². The minimum absolute atomic E-state index is 0.186. The van der Waals surface area contributed by atoms with Crippen LogP contribution in [0.15, 0.2) is 176 Å². The highest BCUT2D eigenvalue weighted by Gasteiger charge is 2.40. The second-order valence-corrected chi connectivity index (χ2v) is 14.1. The van der Waals surface area contributed by atoms with Gasteiger partial charge in [-0.1, -0.05) is 127 Å². The van der Waals surface area contributed by atoms with E-state index < -0.39 is 0 Å². The van der Waals surface area contributed by atoms with Crippen molar-refractivity contribution in [3.05, 3.63) is 182 Å². The van der Waals surface area contributed by atoms with E-state index in [2.05, 4.69) is 190 Å². The normalized spacial score (nSPS) is 16.8. The molecular formula is C48H31N3. The third-order valence-corrected chi connectivity index (χ3v) is 11.6. The first kappa shape index (κ1) is 27.3. The highest BCUT2D eigenvalue weighted by Crippen LogP contribution is 2.53. The van der Waals surface area contributed by atoms with Gasteiger partial charge in [-0.25, -0.2) is 0 Å². The SMILES string of the molecule is C1=CC2c3c(ccc4c3c3ccccc3n4-c3ccc(-c4ccccc4)cc3)N(c3ccc4c5cccc6c7ccccc7n(c4c3)c65)C2C=C1. The number of benzene rings is 7. The number of hydrogen-bond donors (Lipinski definition) is 0. The average molecular weight is 650 g/mol. The molecule has 1 aliphatic heterocycles. The summed E-state index contributed by atoms with van der Waals surface area (Å²) in [6.45, 7) is 0. The Bertz CT molecular complexity index is 3080. The third kappa shape index (κ3) is 3.57. The summed E-state index contributed by atoms with van der Waals surface area (Å²) in [5.74, 6) is 0.234. The van der Waals surface area contributed by atoms with Gasteiger partial charge in [-0.15, -0.1) is 0 Å². The fraction of sp³-hybridized carbons (Fsp3) is 0.0417. The Hall–Kier alpha value is -6.58. The number of anilines is 2. The summed E-state index contributed by atoms with van der Waals surface area (Å²) in [7, 11) is 0. The predicted octanol–water partition coefficient (Wildman–Crippen LogP) is 12.3. The van der Waals surface area contributed by atoms with Crippen molar-refractivity contribution >= 4 is 71.3 Å². The summed E-state index contributed by atoms with van der Waals surface area (Å²) in [6.07, 6.45) is 9.26. The molecule has 12 rings (SSSR count). The van der Waals surface area contributed by atoms with Crippen LogP contribution in [0.3, 0.4) is 0 Å². The van der Waals surface area contributed by atoms with Crippen LogP contribution in [0, 0.1) is 0 Å². The van der Waals surface area contributed by atoms with Crippen LogP contribution in [0.4, 0.5) is 11.4 Å². The maximum Gasteiger partial charge on any atom is 0.0629 e. The number of allylic oxidation sites excluding steroid dienone is 2. The van der Waals surface area contributed by atoms with E-state index in [1.165, 1.54) is 93.7 Å². The Morgan fingerprint density at radius 3 is 1.94 bits per heavy atom. The van der Waals surface area contributed by atoms with Gasteiger partial charge in [0.2, 0.25) is 0 Å². The van der Waals surface area contributed by atoms with Gasteiger partial charge in [0, 0.05) is 55.3 Å². The molecule has 0 saturated carbocycles. The second-order valence-electron chi connectivity index (χ2n) is 14.1. The van der Waals surface area contributed by atoms with Crippen molar-refractivity contribution in [2.24, 2.45) is 0 Å². The summed E-state index contributed by atoms with van der Waals surface area (Å²) in [4.78, 5) is 2.59. The number of aromatic nitrogens is 2. The first-order valence-corrected chi connectivity index (χ1v) is 17.9. The van der Waals surface area contributed by atoms with Gasteiger partial charge >= 0.3 is 0 Å². The third-order valence-electron chi connectivity index (χ3n) is 11.6. The summed E-state index contributed by atoms with van der Waals surface area (Å²) in [6, 6.07) is 56.2. The Balaban J connectivity index is 1.09. The largest absolute Gasteiger partial charge is 0.333 e. The lowest BCUT2D eigenvalue weighted by atomic mass is 9.88. The van der Waals surface area contributed by atoms with Gasteiger partial charge < -0.3 is 13.9 Å². The minimum Gasteiger partial charge on any atom is -0.333 e. The zero-order valence-electron chi connectivity index (χ0n) is 27.7. The van der Waals surface area contributed by atoms with Gasteiger partial charge in [-0.05, 0) is 65.2 Å². The van der Waals surface area contributed by atoms with Gasteiger partial charge in [-0.3, -0.25) is 0 Å². The molecule has 238 valence electrons. The highest BCUT2D eigenvalue weighted by molar-refractivity contribution is 6.23. The molecule has 7 aromatic carbocycles. The van der Waals surface area contributed by atoms with Gasteiger partial charge in [-0.2, -0.15) is 0 Å². The van der Waals surface area contributed by atoms with Gasteiger partial charge in [0.25, 0.3) is 0 Å². The zero-order chi connectivity index (χ0) is 33.2. The molecule has 2 unspecified atom stereocenters. The smallest absolute Gasteiger partial charge is 0.0629 e. The van der Waals surface area contributed by atoms with Gasteiger partial charge in [0.05, 0.1) is 33.6 Å². The van der Waals surface area contributed by atoms with Crippen LogP contribution >= 0.6 is 0 Å². The molecule has 3 aromatic heterocycles. The molecule has 10 aromatic rings. The van der Waals surface area contributed by atoms with E-state index >= 15 is 0 Å². The first-order valence-electron chi connectivity index (χ1n) is 17.9. The topological polar surface area (TPSA) is 12.6 Å². The Labute approximate surface area is 294 Å². The van der Waals surface area contributed by atoms with Crippen molar-refractivity contribution in [3.63, 3.8) is 0 Å². The van der Waals surface area contributed by atoms with Gasteiger partial charge in [0.15, 0.2) is 0 Å². The summed E-state index contributed by atoms with van der Waals surface area (Å²) in [5, 5.41) is 7.89. The quantitative estimate of drug-likeness (QED) is 0.186. The molecule has 0 spiro atoms. The Morgan fingerprint density at radius 2 is 1.10 bits per heavy atom. The lowest BCUT2D eigenvalue weighted by Crippen LogP contribution is -2.28. The highest BCUT2D eigenvalue weighted by atomic mass is 15.2. The average Bonchev–Trinajstić information content (AvgIpc) is 3.92. The Kier molecular flexibility index (Phi) is 5.34.